The van der Waals surface area contributed by atoms with Gasteiger partial charge in [0.05, 0.1) is 0 Å². The number of hydrogen-bond acceptors (Lipinski definition) is 4. The lowest BCUT2D eigenvalue weighted by Gasteiger charge is -2.22. The zero-order valence-corrected chi connectivity index (χ0v) is 16.3. The summed E-state index contributed by atoms with van der Waals surface area (Å²) in [7, 11) is 0. The molecule has 0 aliphatic rings. The molecule has 1 heterocycles. The molecule has 1 aromatic carbocycles. The van der Waals surface area contributed by atoms with Crippen LogP contribution in [0.2, 0.25) is 0 Å². The minimum Gasteiger partial charge on any atom is -0.344 e. The lowest BCUT2D eigenvalue weighted by Crippen LogP contribution is -2.34. The molecule has 0 radical (unpaired) electrons. The lowest BCUT2D eigenvalue weighted by molar-refractivity contribution is -0.124. The topological polar surface area (TPSA) is 68.0 Å². The van der Waals surface area contributed by atoms with Crippen molar-refractivity contribution in [3.8, 4) is 11.4 Å². The number of carbonyl (C=O) groups excluding carboxylic acids is 1. The molecule has 24 heavy (non-hydrogen) atoms. The van der Waals surface area contributed by atoms with Crippen molar-refractivity contribution in [2.24, 2.45) is 11.3 Å². The summed E-state index contributed by atoms with van der Waals surface area (Å²) >= 11 is 3.40. The standard InChI is InChI=1S/C18H24BrN3O2/c1-11(2)15(20-14(23)10-18(3,4)5)17-21-16(22-24-17)12-6-8-13(19)9-7-12/h6-9,11,15H,10H2,1-5H3,(H,20,23)/t15-/m1/s1. The highest BCUT2D eigenvalue weighted by atomic mass is 79.9. The first-order valence-electron chi connectivity index (χ1n) is 8.04. The van der Waals surface area contributed by atoms with Crippen LogP contribution in [0.5, 0.6) is 0 Å². The molecule has 0 fully saturated rings. The average molecular weight is 394 g/mol. The van der Waals surface area contributed by atoms with Crippen molar-refractivity contribution in [1.82, 2.24) is 15.5 Å². The number of rotatable bonds is 5. The molecule has 0 unspecified atom stereocenters. The highest BCUT2D eigenvalue weighted by molar-refractivity contribution is 9.10. The zero-order valence-electron chi connectivity index (χ0n) is 14.8. The summed E-state index contributed by atoms with van der Waals surface area (Å²) in [6.07, 6.45) is 0.448. The lowest BCUT2D eigenvalue weighted by atomic mass is 9.91. The smallest absolute Gasteiger partial charge is 0.249 e. The van der Waals surface area contributed by atoms with E-state index in [0.29, 0.717) is 18.1 Å². The molecule has 0 aliphatic carbocycles. The number of aromatic nitrogens is 2. The third-order valence-electron chi connectivity index (χ3n) is 3.48. The molecule has 2 aromatic rings. The van der Waals surface area contributed by atoms with Crippen molar-refractivity contribution in [3.63, 3.8) is 0 Å². The molecule has 1 amide bonds. The van der Waals surface area contributed by atoms with Gasteiger partial charge in [0.2, 0.25) is 17.6 Å². The summed E-state index contributed by atoms with van der Waals surface area (Å²) in [5.74, 6) is 1.09. The average Bonchev–Trinajstić information content (AvgIpc) is 2.92. The maximum Gasteiger partial charge on any atom is 0.249 e. The Labute approximate surface area is 151 Å². The first kappa shape index (κ1) is 18.6. The van der Waals surface area contributed by atoms with E-state index < -0.39 is 0 Å². The summed E-state index contributed by atoms with van der Waals surface area (Å²) in [6.45, 7) is 10.1. The predicted molar refractivity (Wildman–Crippen MR) is 97.2 cm³/mol. The molecule has 130 valence electrons. The Morgan fingerprint density at radius 2 is 1.88 bits per heavy atom. The van der Waals surface area contributed by atoms with Crippen molar-refractivity contribution in [1.29, 1.82) is 0 Å². The molecule has 0 spiro atoms. The predicted octanol–water partition coefficient (Wildman–Crippen LogP) is 4.75. The van der Waals surface area contributed by atoms with Crippen LogP contribution in [0.3, 0.4) is 0 Å². The van der Waals surface area contributed by atoms with Crippen molar-refractivity contribution in [2.75, 3.05) is 0 Å². The van der Waals surface area contributed by atoms with Gasteiger partial charge < -0.3 is 9.84 Å². The van der Waals surface area contributed by atoms with Crippen LogP contribution in [-0.2, 0) is 4.79 Å². The zero-order chi connectivity index (χ0) is 17.9. The highest BCUT2D eigenvalue weighted by Crippen LogP contribution is 2.26. The molecule has 1 aromatic heterocycles. The second-order valence-corrected chi connectivity index (χ2v) is 8.41. The fourth-order valence-corrected chi connectivity index (χ4v) is 2.56. The van der Waals surface area contributed by atoms with Crippen LogP contribution < -0.4 is 5.32 Å². The quantitative estimate of drug-likeness (QED) is 0.795. The Morgan fingerprint density at radius 1 is 1.25 bits per heavy atom. The van der Waals surface area contributed by atoms with Crippen LogP contribution in [0, 0.1) is 11.3 Å². The van der Waals surface area contributed by atoms with Gasteiger partial charge in [0.1, 0.15) is 6.04 Å². The maximum absolute atomic E-state index is 12.3. The Hall–Kier alpha value is -1.69. The van der Waals surface area contributed by atoms with Crippen LogP contribution in [0.1, 0.15) is 53.0 Å². The Balaban J connectivity index is 2.17. The van der Waals surface area contributed by atoms with Gasteiger partial charge in [0.25, 0.3) is 0 Å². The third-order valence-corrected chi connectivity index (χ3v) is 4.01. The molecule has 1 N–H and O–H groups in total. The van der Waals surface area contributed by atoms with Gasteiger partial charge in [-0.3, -0.25) is 4.79 Å². The van der Waals surface area contributed by atoms with Gasteiger partial charge >= 0.3 is 0 Å². The van der Waals surface area contributed by atoms with Gasteiger partial charge in [-0.05, 0) is 35.6 Å². The SMILES string of the molecule is CC(C)[C@@H](NC(=O)CC(C)(C)C)c1nc(-c2ccc(Br)cc2)no1. The number of nitrogens with one attached hydrogen (secondary N) is 1. The Kier molecular flexibility index (Phi) is 5.80. The summed E-state index contributed by atoms with van der Waals surface area (Å²) in [5.41, 5.74) is 0.806. The van der Waals surface area contributed by atoms with Gasteiger partial charge in [-0.25, -0.2) is 0 Å². The second kappa shape index (κ2) is 7.47. The summed E-state index contributed by atoms with van der Waals surface area (Å²) < 4.78 is 6.41. The van der Waals surface area contributed by atoms with Crippen molar-refractivity contribution >= 4 is 21.8 Å². The highest BCUT2D eigenvalue weighted by Gasteiger charge is 2.26. The summed E-state index contributed by atoms with van der Waals surface area (Å²) in [4.78, 5) is 16.7. The monoisotopic (exact) mass is 393 g/mol. The Bertz CT molecular complexity index is 687. The molecule has 0 saturated carbocycles. The molecule has 0 saturated heterocycles. The first-order chi connectivity index (χ1) is 11.2. The van der Waals surface area contributed by atoms with Crippen molar-refractivity contribution in [3.05, 3.63) is 34.6 Å². The van der Waals surface area contributed by atoms with Crippen LogP contribution in [0.25, 0.3) is 11.4 Å². The van der Waals surface area contributed by atoms with E-state index >= 15 is 0 Å². The van der Waals surface area contributed by atoms with E-state index in [9.17, 15) is 4.79 Å². The Morgan fingerprint density at radius 3 is 2.42 bits per heavy atom. The maximum atomic E-state index is 12.3. The van der Waals surface area contributed by atoms with Crippen LogP contribution in [0.15, 0.2) is 33.3 Å². The molecule has 0 aliphatic heterocycles. The fourth-order valence-electron chi connectivity index (χ4n) is 2.30. The molecule has 6 heteroatoms. The van der Waals surface area contributed by atoms with Crippen molar-refractivity contribution < 1.29 is 9.32 Å². The number of nitrogens with zero attached hydrogens (tertiary/aromatic N) is 2. The van der Waals surface area contributed by atoms with E-state index in [1.807, 2.05) is 58.9 Å². The van der Waals surface area contributed by atoms with Gasteiger partial charge in [0.15, 0.2) is 0 Å². The van der Waals surface area contributed by atoms with Crippen LogP contribution in [-0.4, -0.2) is 16.0 Å². The molecule has 2 rings (SSSR count). The molecule has 5 nitrogen and oxygen atoms in total. The normalized spacial score (nSPS) is 13.1. The second-order valence-electron chi connectivity index (χ2n) is 7.49. The molecule has 1 atom stereocenters. The summed E-state index contributed by atoms with van der Waals surface area (Å²) in [6, 6.07) is 7.39. The van der Waals surface area contributed by atoms with Gasteiger partial charge in [-0.15, -0.1) is 0 Å². The van der Waals surface area contributed by atoms with Crippen LogP contribution >= 0.6 is 15.9 Å². The minimum absolute atomic E-state index is 0.00964. The third kappa shape index (κ3) is 5.16. The molecular formula is C18H24BrN3O2. The van der Waals surface area contributed by atoms with E-state index in [-0.39, 0.29) is 23.3 Å². The molecular weight excluding hydrogens is 370 g/mol. The van der Waals surface area contributed by atoms with E-state index in [2.05, 4.69) is 31.4 Å². The largest absolute Gasteiger partial charge is 0.344 e. The number of benzene rings is 1. The van der Waals surface area contributed by atoms with Crippen LogP contribution in [0.4, 0.5) is 0 Å². The number of hydrogen-bond donors (Lipinski definition) is 1. The van der Waals surface area contributed by atoms with Gasteiger partial charge in [-0.2, -0.15) is 4.98 Å². The van der Waals surface area contributed by atoms with E-state index in [4.69, 9.17) is 4.52 Å². The number of halogens is 1. The number of carbonyl (C=O) groups is 1. The van der Waals surface area contributed by atoms with E-state index in [1.54, 1.807) is 0 Å². The van der Waals surface area contributed by atoms with Crippen molar-refractivity contribution in [2.45, 2.75) is 47.1 Å². The molecule has 0 bridgehead atoms. The van der Waals surface area contributed by atoms with E-state index in [1.165, 1.54) is 0 Å². The number of amides is 1. The fraction of sp³-hybridized carbons (Fsp3) is 0.500. The minimum atomic E-state index is -0.295. The van der Waals surface area contributed by atoms with E-state index in [0.717, 1.165) is 10.0 Å². The van der Waals surface area contributed by atoms with Gasteiger partial charge in [0, 0.05) is 16.5 Å². The first-order valence-corrected chi connectivity index (χ1v) is 8.84. The summed E-state index contributed by atoms with van der Waals surface area (Å²) in [5, 5.41) is 7.07. The van der Waals surface area contributed by atoms with Gasteiger partial charge in [-0.1, -0.05) is 55.7 Å².